The van der Waals surface area contributed by atoms with E-state index in [1.807, 2.05) is 29.2 Å². The van der Waals surface area contributed by atoms with E-state index in [1.54, 1.807) is 0 Å². The van der Waals surface area contributed by atoms with Crippen LogP contribution in [-0.2, 0) is 4.79 Å². The maximum Gasteiger partial charge on any atom is 0.267 e. The van der Waals surface area contributed by atoms with E-state index in [9.17, 15) is 4.79 Å². The van der Waals surface area contributed by atoms with Gasteiger partial charge in [-0.15, -0.1) is 0 Å². The van der Waals surface area contributed by atoms with E-state index in [2.05, 4.69) is 13.8 Å². The molecule has 4 heteroatoms. The Kier molecular flexibility index (Phi) is 4.66. The molecule has 1 heterocycles. The van der Waals surface area contributed by atoms with Gasteiger partial charge in [-0.25, -0.2) is 0 Å². The van der Waals surface area contributed by atoms with Crippen LogP contribution >= 0.6 is 0 Å². The molecule has 1 aromatic carbocycles. The van der Waals surface area contributed by atoms with Crippen LogP contribution in [0.1, 0.15) is 26.7 Å². The third-order valence-corrected chi connectivity index (χ3v) is 3.08. The van der Waals surface area contributed by atoms with Crippen LogP contribution in [0, 0.1) is 0 Å². The predicted molar refractivity (Wildman–Crippen MR) is 73.5 cm³/mol. The number of nitrogens with zero attached hydrogens (tertiary/aromatic N) is 1. The number of rotatable bonds is 5. The summed E-state index contributed by atoms with van der Waals surface area (Å²) in [6, 6.07) is 7.46. The number of amides is 1. The summed E-state index contributed by atoms with van der Waals surface area (Å²) in [5, 5.41) is 0. The van der Waals surface area contributed by atoms with Gasteiger partial charge in [-0.05, 0) is 25.0 Å². The van der Waals surface area contributed by atoms with Crippen molar-refractivity contribution in [3.63, 3.8) is 0 Å². The van der Waals surface area contributed by atoms with Gasteiger partial charge >= 0.3 is 0 Å². The molecule has 1 aromatic rings. The summed E-state index contributed by atoms with van der Waals surface area (Å²) in [4.78, 5) is 14.3. The summed E-state index contributed by atoms with van der Waals surface area (Å²) in [7, 11) is 0. The fraction of sp³-hybridized carbons (Fsp3) is 0.533. The molecule has 4 nitrogen and oxygen atoms in total. The van der Waals surface area contributed by atoms with Gasteiger partial charge in [0.15, 0.2) is 11.5 Å². The van der Waals surface area contributed by atoms with E-state index < -0.39 is 6.10 Å². The van der Waals surface area contributed by atoms with Crippen LogP contribution in [0.2, 0.25) is 0 Å². The molecule has 0 fully saturated rings. The minimum atomic E-state index is -0.520. The minimum Gasteiger partial charge on any atom is -0.485 e. The third-order valence-electron chi connectivity index (χ3n) is 3.08. The standard InChI is InChI=1S/C15H21NO3/c1-3-9-16(10-4-2)15(17)14-11-18-12-7-5-6-8-13(12)19-14/h5-8,14H,3-4,9-11H2,1-2H3. The molecule has 1 aliphatic rings. The Morgan fingerprint density at radius 2 is 1.84 bits per heavy atom. The summed E-state index contributed by atoms with van der Waals surface area (Å²) in [5.74, 6) is 1.39. The largest absolute Gasteiger partial charge is 0.485 e. The monoisotopic (exact) mass is 263 g/mol. The number of hydrogen-bond donors (Lipinski definition) is 0. The van der Waals surface area contributed by atoms with Gasteiger partial charge in [0, 0.05) is 13.1 Å². The second kappa shape index (κ2) is 6.45. The quantitative estimate of drug-likeness (QED) is 0.819. The maximum atomic E-state index is 12.4. The highest BCUT2D eigenvalue weighted by molar-refractivity contribution is 5.82. The Labute approximate surface area is 114 Å². The molecular weight excluding hydrogens is 242 g/mol. The van der Waals surface area contributed by atoms with Crippen LogP contribution in [0.25, 0.3) is 0 Å². The summed E-state index contributed by atoms with van der Waals surface area (Å²) >= 11 is 0. The van der Waals surface area contributed by atoms with Gasteiger partial charge in [-0.3, -0.25) is 4.79 Å². The highest BCUT2D eigenvalue weighted by atomic mass is 16.6. The minimum absolute atomic E-state index is 0.0261. The van der Waals surface area contributed by atoms with Crippen molar-refractivity contribution in [2.45, 2.75) is 32.8 Å². The van der Waals surface area contributed by atoms with Crippen molar-refractivity contribution >= 4 is 5.91 Å². The summed E-state index contributed by atoms with van der Waals surface area (Å²) in [5.41, 5.74) is 0. The molecule has 1 unspecified atom stereocenters. The van der Waals surface area contributed by atoms with Crippen molar-refractivity contribution in [2.75, 3.05) is 19.7 Å². The lowest BCUT2D eigenvalue weighted by atomic mass is 10.2. The second-order valence-electron chi connectivity index (χ2n) is 4.69. The van der Waals surface area contributed by atoms with Crippen molar-refractivity contribution in [3.05, 3.63) is 24.3 Å². The van der Waals surface area contributed by atoms with Crippen molar-refractivity contribution in [3.8, 4) is 11.5 Å². The molecule has 1 aliphatic heterocycles. The van der Waals surface area contributed by atoms with E-state index in [0.717, 1.165) is 25.9 Å². The van der Waals surface area contributed by atoms with Gasteiger partial charge in [-0.1, -0.05) is 26.0 Å². The normalized spacial score (nSPS) is 17.1. The number of carbonyl (C=O) groups excluding carboxylic acids is 1. The third kappa shape index (κ3) is 3.19. The second-order valence-corrected chi connectivity index (χ2v) is 4.69. The molecule has 0 aromatic heterocycles. The lowest BCUT2D eigenvalue weighted by molar-refractivity contribution is -0.141. The molecule has 1 atom stereocenters. The molecule has 0 aliphatic carbocycles. The van der Waals surface area contributed by atoms with Crippen LogP contribution < -0.4 is 9.47 Å². The summed E-state index contributed by atoms with van der Waals surface area (Å²) in [6.45, 7) is 5.98. The Balaban J connectivity index is 2.04. The van der Waals surface area contributed by atoms with Crippen molar-refractivity contribution in [1.29, 1.82) is 0 Å². The lowest BCUT2D eigenvalue weighted by Gasteiger charge is -2.30. The molecule has 104 valence electrons. The smallest absolute Gasteiger partial charge is 0.267 e. The molecule has 19 heavy (non-hydrogen) atoms. The molecule has 0 bridgehead atoms. The van der Waals surface area contributed by atoms with Crippen LogP contribution in [0.4, 0.5) is 0 Å². The van der Waals surface area contributed by atoms with Gasteiger partial charge < -0.3 is 14.4 Å². The number of ether oxygens (including phenoxy) is 2. The molecular formula is C15H21NO3. The van der Waals surface area contributed by atoms with Gasteiger partial charge in [0.1, 0.15) is 6.61 Å². The average molecular weight is 263 g/mol. The molecule has 0 saturated heterocycles. The van der Waals surface area contributed by atoms with Gasteiger partial charge in [-0.2, -0.15) is 0 Å². The predicted octanol–water partition coefficient (Wildman–Crippen LogP) is 2.48. The fourth-order valence-electron chi connectivity index (χ4n) is 2.22. The first-order chi connectivity index (χ1) is 9.26. The van der Waals surface area contributed by atoms with Gasteiger partial charge in [0.25, 0.3) is 5.91 Å². The average Bonchev–Trinajstić information content (AvgIpc) is 2.46. The number of fused-ring (bicyclic) bond motifs is 1. The highest BCUT2D eigenvalue weighted by Gasteiger charge is 2.30. The molecule has 0 saturated carbocycles. The fourth-order valence-corrected chi connectivity index (χ4v) is 2.22. The zero-order valence-electron chi connectivity index (χ0n) is 11.6. The van der Waals surface area contributed by atoms with E-state index in [1.165, 1.54) is 0 Å². The Hall–Kier alpha value is -1.71. The van der Waals surface area contributed by atoms with Crippen molar-refractivity contribution < 1.29 is 14.3 Å². The van der Waals surface area contributed by atoms with Crippen molar-refractivity contribution in [2.24, 2.45) is 0 Å². The Morgan fingerprint density at radius 1 is 1.21 bits per heavy atom. The topological polar surface area (TPSA) is 38.8 Å². The SMILES string of the molecule is CCCN(CCC)C(=O)C1COc2ccccc2O1. The highest BCUT2D eigenvalue weighted by Crippen LogP contribution is 2.31. The zero-order valence-corrected chi connectivity index (χ0v) is 11.6. The molecule has 0 radical (unpaired) electrons. The molecule has 0 N–H and O–H groups in total. The first-order valence-corrected chi connectivity index (χ1v) is 6.93. The Morgan fingerprint density at radius 3 is 2.47 bits per heavy atom. The van der Waals surface area contributed by atoms with Crippen LogP contribution in [0.15, 0.2) is 24.3 Å². The molecule has 2 rings (SSSR count). The lowest BCUT2D eigenvalue weighted by Crippen LogP contribution is -2.46. The van der Waals surface area contributed by atoms with E-state index in [4.69, 9.17) is 9.47 Å². The van der Waals surface area contributed by atoms with Crippen molar-refractivity contribution in [1.82, 2.24) is 4.90 Å². The first kappa shape index (κ1) is 13.7. The van der Waals surface area contributed by atoms with Crippen LogP contribution in [0.3, 0.4) is 0 Å². The van der Waals surface area contributed by atoms with E-state index in [-0.39, 0.29) is 5.91 Å². The molecule has 1 amide bonds. The number of hydrogen-bond acceptors (Lipinski definition) is 3. The number of carbonyl (C=O) groups is 1. The van der Waals surface area contributed by atoms with Crippen LogP contribution in [-0.4, -0.2) is 36.6 Å². The maximum absolute atomic E-state index is 12.4. The number of para-hydroxylation sites is 2. The molecule has 0 spiro atoms. The number of benzene rings is 1. The Bertz CT molecular complexity index is 427. The first-order valence-electron chi connectivity index (χ1n) is 6.93. The van der Waals surface area contributed by atoms with E-state index >= 15 is 0 Å². The summed E-state index contributed by atoms with van der Waals surface area (Å²) < 4.78 is 11.3. The summed E-state index contributed by atoms with van der Waals surface area (Å²) in [6.07, 6.45) is 1.39. The van der Waals surface area contributed by atoms with Gasteiger partial charge in [0.2, 0.25) is 6.10 Å². The van der Waals surface area contributed by atoms with Gasteiger partial charge in [0.05, 0.1) is 0 Å². The zero-order chi connectivity index (χ0) is 13.7. The van der Waals surface area contributed by atoms with E-state index in [0.29, 0.717) is 18.1 Å². The van der Waals surface area contributed by atoms with Crippen LogP contribution in [0.5, 0.6) is 11.5 Å².